The van der Waals surface area contributed by atoms with Crippen molar-refractivity contribution in [3.63, 3.8) is 0 Å². The molecule has 2 aromatic heterocycles. The first-order valence-corrected chi connectivity index (χ1v) is 21.5. The van der Waals surface area contributed by atoms with Crippen LogP contribution in [0.3, 0.4) is 0 Å². The van der Waals surface area contributed by atoms with Gasteiger partial charge in [-0.3, -0.25) is 14.2 Å². The van der Waals surface area contributed by atoms with Gasteiger partial charge in [-0.05, 0) is 33.4 Å². The number of nitrogens with zero attached hydrogens (tertiary/aromatic N) is 3. The molecule has 8 rings (SSSR count). The maximum absolute atomic E-state index is 14.3. The largest absolute Gasteiger partial charge is 0.471 e. The summed E-state index contributed by atoms with van der Waals surface area (Å²) in [7, 11) is 0. The molecule has 330 valence electrons. The number of fused-ring (bicyclic) bond motifs is 1. The molecule has 12 heteroatoms. The number of nitrogens with one attached hydrogen (secondary N) is 1. The van der Waals surface area contributed by atoms with Gasteiger partial charge in [-0.15, -0.1) is 0 Å². The Morgan fingerprint density at radius 1 is 0.462 bits per heavy atom. The molecule has 0 radical (unpaired) electrons. The molecule has 6 aromatic carbocycles. The average Bonchev–Trinajstić information content (AvgIpc) is 3.36. The topological polar surface area (TPSA) is 136 Å². The molecule has 0 aliphatic heterocycles. The van der Waals surface area contributed by atoms with Gasteiger partial charge in [-0.25, -0.2) is 0 Å². The summed E-state index contributed by atoms with van der Waals surface area (Å²) in [6, 6.07) is 58.3. The van der Waals surface area contributed by atoms with E-state index in [4.69, 9.17) is 33.4 Å². The van der Waals surface area contributed by atoms with Crippen molar-refractivity contribution in [3.8, 4) is 11.9 Å². The molecule has 3 atom stereocenters. The lowest BCUT2D eigenvalue weighted by Crippen LogP contribution is -2.49. The van der Waals surface area contributed by atoms with Crippen LogP contribution in [0.5, 0.6) is 11.9 Å². The van der Waals surface area contributed by atoms with E-state index in [1.165, 1.54) is 4.57 Å². The number of aromatic nitrogens is 4. The molecule has 12 nitrogen and oxygen atoms in total. The normalized spacial score (nSPS) is 12.7. The van der Waals surface area contributed by atoms with Crippen LogP contribution in [0.2, 0.25) is 0 Å². The zero-order chi connectivity index (χ0) is 44.5. The van der Waals surface area contributed by atoms with Crippen LogP contribution in [0, 0.1) is 0 Å². The Hall–Kier alpha value is -7.22. The molecule has 0 bridgehead atoms. The zero-order valence-corrected chi connectivity index (χ0v) is 35.8. The fraction of sp³-hybridized carbons (Fsp3) is 0.208. The molecule has 0 spiro atoms. The minimum Gasteiger partial charge on any atom is -0.471 e. The Morgan fingerprint density at radius 3 is 1.37 bits per heavy atom. The molecular weight excluding hydrogens is 821 g/mol. The summed E-state index contributed by atoms with van der Waals surface area (Å²) in [5.41, 5.74) is 3.92. The third-order valence-corrected chi connectivity index (χ3v) is 10.6. The van der Waals surface area contributed by atoms with E-state index in [9.17, 15) is 9.59 Å². The Morgan fingerprint density at radius 2 is 0.877 bits per heavy atom. The van der Waals surface area contributed by atoms with Crippen LogP contribution >= 0.6 is 0 Å². The summed E-state index contributed by atoms with van der Waals surface area (Å²) in [6.07, 6.45) is -2.54. The number of H-pyrrole nitrogens is 1. The fourth-order valence-electron chi connectivity index (χ4n) is 7.20. The van der Waals surface area contributed by atoms with E-state index in [0.717, 1.165) is 33.4 Å². The first-order valence-electron chi connectivity index (χ1n) is 21.5. The second-order valence-corrected chi connectivity index (χ2v) is 15.4. The van der Waals surface area contributed by atoms with Gasteiger partial charge in [0.25, 0.3) is 0 Å². The van der Waals surface area contributed by atoms with E-state index < -0.39 is 29.4 Å². The molecule has 2 heterocycles. The highest BCUT2D eigenvalue weighted by Gasteiger charge is 2.35. The van der Waals surface area contributed by atoms with Crippen LogP contribution in [-0.2, 0) is 65.1 Å². The monoisotopic (exact) mass is 870 g/mol. The first-order chi connectivity index (χ1) is 32.1. The van der Waals surface area contributed by atoms with Crippen molar-refractivity contribution in [2.24, 2.45) is 0 Å². The number of hydrogen-bond donors (Lipinski definition) is 1. The molecule has 8 aromatic rings. The highest BCUT2D eigenvalue weighted by molar-refractivity contribution is 5.76. The average molecular weight is 871 g/mol. The molecule has 0 saturated carbocycles. The van der Waals surface area contributed by atoms with Crippen molar-refractivity contribution in [2.75, 3.05) is 6.61 Å². The molecule has 0 aliphatic rings. The van der Waals surface area contributed by atoms with Crippen molar-refractivity contribution in [1.29, 1.82) is 0 Å². The van der Waals surface area contributed by atoms with Gasteiger partial charge in [-0.2, -0.15) is 9.97 Å². The quantitative estimate of drug-likeness (QED) is 0.0623. The molecule has 1 N–H and O–H groups in total. The third kappa shape index (κ3) is 12.7. The predicted molar refractivity (Wildman–Crippen MR) is 247 cm³/mol. The minimum absolute atomic E-state index is 0.0322. The van der Waals surface area contributed by atoms with Crippen LogP contribution in [0.15, 0.2) is 192 Å². The van der Waals surface area contributed by atoms with Gasteiger partial charge in [-0.1, -0.05) is 182 Å². The first kappa shape index (κ1) is 44.4. The lowest BCUT2D eigenvalue weighted by Gasteiger charge is -2.34. The van der Waals surface area contributed by atoms with Gasteiger partial charge in [0.05, 0.1) is 39.6 Å². The second-order valence-electron chi connectivity index (χ2n) is 15.4. The number of hydrogen-bond acceptors (Lipinski definition) is 10. The predicted octanol–water partition coefficient (Wildman–Crippen LogP) is 8.61. The van der Waals surface area contributed by atoms with E-state index in [2.05, 4.69) is 9.97 Å². The van der Waals surface area contributed by atoms with E-state index in [1.807, 2.05) is 182 Å². The lowest BCUT2D eigenvalue weighted by atomic mass is 10.1. The van der Waals surface area contributed by atoms with Crippen LogP contribution in [-0.4, -0.2) is 44.4 Å². The molecule has 0 aliphatic carbocycles. The number of aromatic amines is 1. The number of benzene rings is 6. The molecule has 65 heavy (non-hydrogen) atoms. The van der Waals surface area contributed by atoms with Crippen molar-refractivity contribution in [3.05, 3.63) is 236 Å². The van der Waals surface area contributed by atoms with Gasteiger partial charge in [0.2, 0.25) is 5.88 Å². The maximum atomic E-state index is 14.3. The van der Waals surface area contributed by atoms with Gasteiger partial charge in [0.15, 0.2) is 5.65 Å². The fourth-order valence-corrected chi connectivity index (χ4v) is 7.20. The Bertz CT molecular complexity index is 2780. The third-order valence-electron chi connectivity index (χ3n) is 10.6. The van der Waals surface area contributed by atoms with E-state index in [0.29, 0.717) is 6.61 Å². The van der Waals surface area contributed by atoms with E-state index in [-0.39, 0.29) is 69.2 Å². The maximum Gasteiger partial charge on any atom is 0.322 e. The highest BCUT2D eigenvalue weighted by Crippen LogP contribution is 2.26. The number of rotatable bonds is 23. The molecule has 0 unspecified atom stereocenters. The summed E-state index contributed by atoms with van der Waals surface area (Å²) >= 11 is 0. The van der Waals surface area contributed by atoms with Crippen LogP contribution in [0.1, 0.15) is 33.4 Å². The summed E-state index contributed by atoms with van der Waals surface area (Å²) < 4.78 is 40.6. The van der Waals surface area contributed by atoms with Crippen molar-refractivity contribution < 1.29 is 28.4 Å². The number of ether oxygens (including phenoxy) is 6. The van der Waals surface area contributed by atoms with Crippen molar-refractivity contribution >= 4 is 11.2 Å². The lowest BCUT2D eigenvalue weighted by molar-refractivity contribution is -0.171. The van der Waals surface area contributed by atoms with Crippen LogP contribution < -0.4 is 20.6 Å². The van der Waals surface area contributed by atoms with Gasteiger partial charge in [0.1, 0.15) is 37.0 Å². The van der Waals surface area contributed by atoms with Crippen molar-refractivity contribution in [1.82, 2.24) is 19.5 Å². The molecule has 0 saturated heterocycles. The Kier molecular flexibility index (Phi) is 15.7. The van der Waals surface area contributed by atoms with E-state index >= 15 is 0 Å². The molecular formula is C53H50N4O8. The Balaban J connectivity index is 1.22. The van der Waals surface area contributed by atoms with Crippen LogP contribution in [0.25, 0.3) is 11.2 Å². The minimum atomic E-state index is -0.931. The SMILES string of the molecule is O=c1[nH]c2c(OCc3ccccc3)nc(OCc3ccccc3)nc2n(C[C@H](OCc2ccccc2)[C@H](OCc2ccccc2)[C@@H](COCc2ccccc2)OCc2ccccc2)c1=O. The zero-order valence-electron chi connectivity index (χ0n) is 35.8. The molecule has 0 fully saturated rings. The van der Waals surface area contributed by atoms with Gasteiger partial charge < -0.3 is 33.4 Å². The smallest absolute Gasteiger partial charge is 0.322 e. The summed E-state index contributed by atoms with van der Waals surface area (Å²) in [5, 5.41) is 0. The van der Waals surface area contributed by atoms with E-state index in [1.54, 1.807) is 0 Å². The van der Waals surface area contributed by atoms with Crippen molar-refractivity contribution in [2.45, 2.75) is 64.5 Å². The summed E-state index contributed by atoms with van der Waals surface area (Å²) in [4.78, 5) is 40.1. The van der Waals surface area contributed by atoms with Crippen LogP contribution in [0.4, 0.5) is 0 Å². The molecule has 0 amide bonds. The van der Waals surface area contributed by atoms with Gasteiger partial charge in [0, 0.05) is 0 Å². The second kappa shape index (κ2) is 22.9. The Labute approximate surface area is 377 Å². The standard InChI is InChI=1S/C53H50N4O8/c58-50-52(59)57(49-47(54-50)51(64-36-43-27-15-5-16-28-43)56-53(55-49)65-37-44-29-17-6-18-30-44)31-45(61-33-40-21-9-2-10-22-40)48(63-35-42-25-13-4-14-26-42)46(62-34-41-23-11-3-12-24-41)38-60-32-39-19-7-1-8-20-39/h1-30,45-46,48H,31-38H2,(H,54,58)/t45-,46+,48-/m0/s1. The summed E-state index contributed by atoms with van der Waals surface area (Å²) in [5.74, 6) is 0.0322. The van der Waals surface area contributed by atoms with Gasteiger partial charge >= 0.3 is 17.1 Å². The summed E-state index contributed by atoms with van der Waals surface area (Å²) in [6.45, 7) is 1.06. The highest BCUT2D eigenvalue weighted by atomic mass is 16.6.